The van der Waals surface area contributed by atoms with E-state index in [1.165, 1.54) is 6.07 Å². The number of nitrogens with two attached hydrogens (primary N) is 1. The van der Waals surface area contributed by atoms with Gasteiger partial charge in [-0.25, -0.2) is 4.79 Å². The molecule has 1 aromatic carbocycles. The maximum Gasteiger partial charge on any atom is 0.352 e. The summed E-state index contributed by atoms with van der Waals surface area (Å²) < 4.78 is 11.3. The van der Waals surface area contributed by atoms with Gasteiger partial charge in [0.2, 0.25) is 0 Å². The monoisotopic (exact) mass is 359 g/mol. The molecule has 0 aliphatic rings. The van der Waals surface area contributed by atoms with E-state index in [-0.39, 0.29) is 5.69 Å². The van der Waals surface area contributed by atoms with Crippen molar-refractivity contribution >= 4 is 34.8 Å². The highest BCUT2D eigenvalue weighted by molar-refractivity contribution is 7.71. The minimum atomic E-state index is -1.06. The molecule has 0 aliphatic carbocycles. The van der Waals surface area contributed by atoms with Crippen molar-refractivity contribution in [2.24, 2.45) is 0 Å². The molecule has 3 rings (SSSR count). The van der Waals surface area contributed by atoms with Gasteiger partial charge in [-0.05, 0) is 24.3 Å². The predicted octanol–water partition coefficient (Wildman–Crippen LogP) is 3.20. The number of ether oxygens (including phenoxy) is 2. The second kappa shape index (κ2) is 6.96. The van der Waals surface area contributed by atoms with Crippen LogP contribution in [0.15, 0.2) is 30.5 Å². The molecule has 0 fully saturated rings. The molecule has 3 aromatic rings. The van der Waals surface area contributed by atoms with Crippen molar-refractivity contribution in [2.75, 3.05) is 26.1 Å². The number of carboxylic acid groups (broad SMARTS) is 1. The molecule has 0 radical (unpaired) electrons. The van der Waals surface area contributed by atoms with Crippen molar-refractivity contribution in [2.45, 2.75) is 0 Å². The zero-order valence-corrected chi connectivity index (χ0v) is 14.3. The zero-order valence-electron chi connectivity index (χ0n) is 13.5. The van der Waals surface area contributed by atoms with E-state index in [2.05, 4.69) is 9.97 Å². The Morgan fingerprint density at radius 1 is 1.36 bits per heavy atom. The average Bonchev–Trinajstić information content (AvgIpc) is 3.01. The molecule has 0 amide bonds. The molecular weight excluding hydrogens is 342 g/mol. The molecule has 25 heavy (non-hydrogen) atoms. The normalized spacial score (nSPS) is 10.9. The van der Waals surface area contributed by atoms with Gasteiger partial charge in [0.05, 0.1) is 23.4 Å². The molecule has 8 heteroatoms. The van der Waals surface area contributed by atoms with E-state index in [0.717, 1.165) is 0 Å². The minimum absolute atomic E-state index is 0.0555. The molecule has 0 aliphatic heterocycles. The number of hydrogen-bond donors (Lipinski definition) is 4. The SMILES string of the molecule is COCCOc1cc2cc(C(=O)O)[nH]c2c(N)c1-c1ccc[nH]c1=S. The van der Waals surface area contributed by atoms with Crippen LogP contribution in [0, 0.1) is 4.64 Å². The Labute approximate surface area is 148 Å². The van der Waals surface area contributed by atoms with E-state index in [0.29, 0.717) is 51.3 Å². The molecule has 2 heterocycles. The smallest absolute Gasteiger partial charge is 0.352 e. The van der Waals surface area contributed by atoms with E-state index in [1.807, 2.05) is 12.1 Å². The van der Waals surface area contributed by atoms with Gasteiger partial charge in [0.25, 0.3) is 0 Å². The molecule has 2 aromatic heterocycles. The van der Waals surface area contributed by atoms with Crippen LogP contribution in [0.1, 0.15) is 10.5 Å². The maximum atomic E-state index is 11.2. The van der Waals surface area contributed by atoms with Crippen LogP contribution in [0.2, 0.25) is 0 Å². The Morgan fingerprint density at radius 2 is 2.16 bits per heavy atom. The molecule has 0 saturated carbocycles. The van der Waals surface area contributed by atoms with E-state index >= 15 is 0 Å². The van der Waals surface area contributed by atoms with Crippen LogP contribution in [0.25, 0.3) is 22.0 Å². The summed E-state index contributed by atoms with van der Waals surface area (Å²) in [6.45, 7) is 0.737. The Kier molecular flexibility index (Phi) is 4.73. The number of H-pyrrole nitrogens is 2. The van der Waals surface area contributed by atoms with Crippen LogP contribution in [0.5, 0.6) is 5.75 Å². The van der Waals surface area contributed by atoms with Crippen molar-refractivity contribution in [1.82, 2.24) is 9.97 Å². The number of rotatable bonds is 6. The van der Waals surface area contributed by atoms with E-state index in [9.17, 15) is 9.90 Å². The molecule has 0 unspecified atom stereocenters. The van der Waals surface area contributed by atoms with Crippen LogP contribution in [0.3, 0.4) is 0 Å². The van der Waals surface area contributed by atoms with E-state index < -0.39 is 5.97 Å². The highest BCUT2D eigenvalue weighted by Crippen LogP contribution is 2.41. The van der Waals surface area contributed by atoms with Crippen LogP contribution >= 0.6 is 12.2 Å². The molecule has 130 valence electrons. The third-order valence-corrected chi connectivity index (χ3v) is 4.12. The largest absolute Gasteiger partial charge is 0.490 e. The number of carbonyl (C=O) groups is 1. The first-order chi connectivity index (χ1) is 12.0. The third-order valence-electron chi connectivity index (χ3n) is 3.78. The Balaban J connectivity index is 2.25. The topological polar surface area (TPSA) is 113 Å². The first-order valence-electron chi connectivity index (χ1n) is 7.51. The molecular formula is C17H17N3O4S. The summed E-state index contributed by atoms with van der Waals surface area (Å²) in [6, 6.07) is 6.92. The maximum absolute atomic E-state index is 11.2. The zero-order chi connectivity index (χ0) is 18.0. The molecule has 0 bridgehead atoms. The van der Waals surface area contributed by atoms with Crippen LogP contribution < -0.4 is 10.5 Å². The second-order valence-corrected chi connectivity index (χ2v) is 5.78. The standard InChI is InChI=1S/C17H17N3O4S/c1-23-5-6-24-12-8-9-7-11(17(21)22)20-15(9)14(18)13(12)10-3-2-4-19-16(10)25/h2-4,7-8,20H,5-6,18H2,1H3,(H,19,25)(H,21,22). The lowest BCUT2D eigenvalue weighted by molar-refractivity contribution is 0.0691. The third kappa shape index (κ3) is 3.21. The fourth-order valence-corrected chi connectivity index (χ4v) is 2.88. The molecule has 0 spiro atoms. The van der Waals surface area contributed by atoms with Crippen molar-refractivity contribution < 1.29 is 19.4 Å². The number of carboxylic acids is 1. The highest BCUT2D eigenvalue weighted by atomic mass is 32.1. The molecule has 0 atom stereocenters. The molecule has 0 saturated heterocycles. The number of pyridine rings is 1. The lowest BCUT2D eigenvalue weighted by Gasteiger charge is -2.15. The Bertz CT molecular complexity index is 993. The molecule has 5 N–H and O–H groups in total. The van der Waals surface area contributed by atoms with Gasteiger partial charge in [-0.2, -0.15) is 0 Å². The number of aromatic carboxylic acids is 1. The number of nitrogens with one attached hydrogen (secondary N) is 2. The van der Waals surface area contributed by atoms with Crippen LogP contribution in [-0.4, -0.2) is 41.4 Å². The summed E-state index contributed by atoms with van der Waals surface area (Å²) >= 11 is 5.36. The van der Waals surface area contributed by atoms with Gasteiger partial charge in [-0.1, -0.05) is 12.2 Å². The summed E-state index contributed by atoms with van der Waals surface area (Å²) in [5.74, 6) is -0.542. The van der Waals surface area contributed by atoms with Crippen LogP contribution in [0.4, 0.5) is 5.69 Å². The first-order valence-corrected chi connectivity index (χ1v) is 7.92. The summed E-state index contributed by atoms with van der Waals surface area (Å²) in [7, 11) is 1.58. The number of benzene rings is 1. The number of aromatic amines is 2. The number of methoxy groups -OCH3 is 1. The molecule has 7 nitrogen and oxygen atoms in total. The number of anilines is 1. The van der Waals surface area contributed by atoms with E-state index in [1.54, 1.807) is 19.4 Å². The second-order valence-electron chi connectivity index (χ2n) is 5.37. The minimum Gasteiger partial charge on any atom is -0.490 e. The highest BCUT2D eigenvalue weighted by Gasteiger charge is 2.19. The number of fused-ring (bicyclic) bond motifs is 1. The van der Waals surface area contributed by atoms with Crippen LogP contribution in [-0.2, 0) is 4.74 Å². The fourth-order valence-electron chi connectivity index (χ4n) is 2.64. The van der Waals surface area contributed by atoms with Gasteiger partial charge in [0, 0.05) is 24.3 Å². The number of aromatic nitrogens is 2. The predicted molar refractivity (Wildman–Crippen MR) is 97.7 cm³/mol. The van der Waals surface area contributed by atoms with Gasteiger partial charge in [-0.3, -0.25) is 0 Å². The summed E-state index contributed by atoms with van der Waals surface area (Å²) in [5.41, 5.74) is 8.63. The Morgan fingerprint density at radius 3 is 2.84 bits per heavy atom. The summed E-state index contributed by atoms with van der Waals surface area (Å²) in [6.07, 6.45) is 1.73. The summed E-state index contributed by atoms with van der Waals surface area (Å²) in [5, 5.41) is 9.86. The average molecular weight is 359 g/mol. The van der Waals surface area contributed by atoms with Gasteiger partial charge >= 0.3 is 5.97 Å². The van der Waals surface area contributed by atoms with Gasteiger partial charge in [0.1, 0.15) is 22.7 Å². The lowest BCUT2D eigenvalue weighted by Crippen LogP contribution is -2.06. The fraction of sp³-hybridized carbons (Fsp3) is 0.176. The first kappa shape index (κ1) is 17.0. The lowest BCUT2D eigenvalue weighted by atomic mass is 10.0. The summed E-state index contributed by atoms with van der Waals surface area (Å²) in [4.78, 5) is 17.0. The Hall–Kier alpha value is -2.84. The van der Waals surface area contributed by atoms with Gasteiger partial charge in [0.15, 0.2) is 0 Å². The van der Waals surface area contributed by atoms with Crippen molar-refractivity contribution in [3.05, 3.63) is 40.8 Å². The van der Waals surface area contributed by atoms with Crippen molar-refractivity contribution in [1.29, 1.82) is 0 Å². The van der Waals surface area contributed by atoms with Gasteiger partial charge < -0.3 is 30.3 Å². The number of hydrogen-bond acceptors (Lipinski definition) is 5. The van der Waals surface area contributed by atoms with Crippen molar-refractivity contribution in [3.63, 3.8) is 0 Å². The quantitative estimate of drug-likeness (QED) is 0.305. The number of nitrogen functional groups attached to an aromatic ring is 1. The van der Waals surface area contributed by atoms with E-state index in [4.69, 9.17) is 27.4 Å². The van der Waals surface area contributed by atoms with Gasteiger partial charge in [-0.15, -0.1) is 0 Å². The van der Waals surface area contributed by atoms with Crippen molar-refractivity contribution in [3.8, 4) is 16.9 Å².